The molecule has 3 amide bonds. The number of phenolic OH excluding ortho intramolecular Hbond substituents is 1. The van der Waals surface area contributed by atoms with Crippen molar-refractivity contribution in [3.05, 3.63) is 54.1 Å². The summed E-state index contributed by atoms with van der Waals surface area (Å²) >= 11 is 0. The molecule has 4 rings (SSSR count). The van der Waals surface area contributed by atoms with Gasteiger partial charge in [-0.2, -0.15) is 0 Å². The molecule has 7 heteroatoms. The van der Waals surface area contributed by atoms with Gasteiger partial charge in [0.05, 0.1) is 23.8 Å². The van der Waals surface area contributed by atoms with E-state index in [1.165, 1.54) is 11.0 Å². The van der Waals surface area contributed by atoms with Crippen molar-refractivity contribution < 1.29 is 19.5 Å². The number of aryl methyl sites for hydroxylation is 1. The lowest BCUT2D eigenvalue weighted by Gasteiger charge is -2.34. The number of anilines is 2. The number of nitrogens with zero attached hydrogens (tertiary/aromatic N) is 2. The third-order valence-corrected chi connectivity index (χ3v) is 5.98. The van der Waals surface area contributed by atoms with Crippen LogP contribution < -0.4 is 10.2 Å². The number of phenols is 1. The second-order valence-corrected chi connectivity index (χ2v) is 7.89. The number of benzene rings is 2. The number of piperidine rings is 1. The quantitative estimate of drug-likeness (QED) is 0.601. The Labute approximate surface area is 175 Å². The maximum absolute atomic E-state index is 13.0. The molecule has 2 aromatic rings. The third-order valence-electron chi connectivity index (χ3n) is 5.98. The van der Waals surface area contributed by atoms with Gasteiger partial charge in [-0.15, -0.1) is 0 Å². The van der Waals surface area contributed by atoms with Crippen LogP contribution in [0.2, 0.25) is 0 Å². The zero-order valence-electron chi connectivity index (χ0n) is 16.9. The summed E-state index contributed by atoms with van der Waals surface area (Å²) in [4.78, 5) is 41.5. The standard InChI is InChI=1S/C23H25N3O4/c1-15-6-2-4-8-18(15)26-21(28)14-19(23(26)30)25-12-10-16(11-13-25)22(29)24-17-7-3-5-9-20(17)27/h2-9,16,19,27H,10-14H2,1H3,(H,24,29). The van der Waals surface area contributed by atoms with Gasteiger partial charge in [0.25, 0.3) is 5.91 Å². The minimum absolute atomic E-state index is 0.0367. The van der Waals surface area contributed by atoms with E-state index in [1.807, 2.05) is 30.0 Å². The van der Waals surface area contributed by atoms with Crippen LogP contribution in [0.5, 0.6) is 5.75 Å². The number of aromatic hydroxyl groups is 1. The van der Waals surface area contributed by atoms with Gasteiger partial charge >= 0.3 is 0 Å². The predicted octanol–water partition coefficient (Wildman–Crippen LogP) is 2.68. The lowest BCUT2D eigenvalue weighted by molar-refractivity contribution is -0.123. The Morgan fingerprint density at radius 3 is 2.40 bits per heavy atom. The molecule has 30 heavy (non-hydrogen) atoms. The van der Waals surface area contributed by atoms with Crippen LogP contribution in [0.15, 0.2) is 48.5 Å². The summed E-state index contributed by atoms with van der Waals surface area (Å²) < 4.78 is 0. The molecule has 2 aliphatic heterocycles. The van der Waals surface area contributed by atoms with Gasteiger partial charge in [0.2, 0.25) is 11.8 Å². The highest BCUT2D eigenvalue weighted by Crippen LogP contribution is 2.31. The number of amides is 3. The lowest BCUT2D eigenvalue weighted by Crippen LogP contribution is -2.47. The molecule has 0 spiro atoms. The minimum atomic E-state index is -0.473. The molecule has 1 unspecified atom stereocenters. The summed E-state index contributed by atoms with van der Waals surface area (Å²) in [6, 6.07) is 13.5. The molecule has 2 heterocycles. The molecule has 0 saturated carbocycles. The Bertz CT molecular complexity index is 982. The van der Waals surface area contributed by atoms with E-state index in [0.717, 1.165) is 5.56 Å². The van der Waals surface area contributed by atoms with Crippen molar-refractivity contribution in [2.75, 3.05) is 23.3 Å². The molecule has 0 aliphatic carbocycles. The molecule has 1 atom stereocenters. The summed E-state index contributed by atoms with van der Waals surface area (Å²) in [6.07, 6.45) is 1.37. The van der Waals surface area contributed by atoms with E-state index >= 15 is 0 Å². The van der Waals surface area contributed by atoms with Gasteiger partial charge in [-0.25, -0.2) is 4.90 Å². The minimum Gasteiger partial charge on any atom is -0.506 e. The monoisotopic (exact) mass is 407 g/mol. The lowest BCUT2D eigenvalue weighted by atomic mass is 9.94. The number of rotatable bonds is 4. The largest absolute Gasteiger partial charge is 0.506 e. The molecule has 7 nitrogen and oxygen atoms in total. The Kier molecular flexibility index (Phi) is 5.55. The van der Waals surface area contributed by atoms with Crippen molar-refractivity contribution in [2.24, 2.45) is 5.92 Å². The molecule has 0 aromatic heterocycles. The van der Waals surface area contributed by atoms with Gasteiger partial charge in [0.1, 0.15) is 5.75 Å². The number of carbonyl (C=O) groups excluding carboxylic acids is 3. The van der Waals surface area contributed by atoms with Crippen molar-refractivity contribution in [2.45, 2.75) is 32.2 Å². The van der Waals surface area contributed by atoms with Crippen molar-refractivity contribution >= 4 is 29.1 Å². The second-order valence-electron chi connectivity index (χ2n) is 7.89. The molecular weight excluding hydrogens is 382 g/mol. The molecule has 0 radical (unpaired) electrons. The number of hydrogen-bond donors (Lipinski definition) is 2. The maximum atomic E-state index is 13.0. The number of likely N-dealkylation sites (tertiary alicyclic amines) is 1. The summed E-state index contributed by atoms with van der Waals surface area (Å²) in [7, 11) is 0. The number of carbonyl (C=O) groups is 3. The number of para-hydroxylation sites is 3. The number of imide groups is 1. The SMILES string of the molecule is Cc1ccccc1N1C(=O)CC(N2CCC(C(=O)Nc3ccccc3O)CC2)C1=O. The van der Waals surface area contributed by atoms with Crippen LogP contribution in [0.3, 0.4) is 0 Å². The van der Waals surface area contributed by atoms with E-state index in [0.29, 0.717) is 37.3 Å². The fourth-order valence-electron chi connectivity index (χ4n) is 4.26. The van der Waals surface area contributed by atoms with Crippen molar-refractivity contribution in [3.63, 3.8) is 0 Å². The van der Waals surface area contributed by atoms with E-state index < -0.39 is 6.04 Å². The van der Waals surface area contributed by atoms with E-state index in [9.17, 15) is 19.5 Å². The Morgan fingerprint density at radius 2 is 1.70 bits per heavy atom. The molecule has 0 bridgehead atoms. The molecule has 2 fully saturated rings. The van der Waals surface area contributed by atoms with Gasteiger partial charge < -0.3 is 10.4 Å². The molecule has 2 aromatic carbocycles. The third kappa shape index (κ3) is 3.80. The number of nitrogens with one attached hydrogen (secondary N) is 1. The van der Waals surface area contributed by atoms with Crippen LogP contribution >= 0.6 is 0 Å². The van der Waals surface area contributed by atoms with Crippen LogP contribution in [0.1, 0.15) is 24.8 Å². The van der Waals surface area contributed by atoms with E-state index in [-0.39, 0.29) is 35.8 Å². The van der Waals surface area contributed by atoms with Crippen molar-refractivity contribution in [3.8, 4) is 5.75 Å². The predicted molar refractivity (Wildman–Crippen MR) is 113 cm³/mol. The zero-order valence-corrected chi connectivity index (χ0v) is 16.9. The molecule has 2 N–H and O–H groups in total. The van der Waals surface area contributed by atoms with Crippen molar-refractivity contribution in [1.82, 2.24) is 4.90 Å². The fourth-order valence-corrected chi connectivity index (χ4v) is 4.26. The highest BCUT2D eigenvalue weighted by Gasteiger charge is 2.44. The molecular formula is C23H25N3O4. The first-order chi connectivity index (χ1) is 14.5. The molecule has 2 aliphatic rings. The van der Waals surface area contributed by atoms with Gasteiger partial charge in [-0.05, 0) is 56.6 Å². The average Bonchev–Trinajstić information content (AvgIpc) is 3.04. The molecule has 156 valence electrons. The van der Waals surface area contributed by atoms with Gasteiger partial charge in [0.15, 0.2) is 0 Å². The van der Waals surface area contributed by atoms with E-state index in [2.05, 4.69) is 5.32 Å². The first-order valence-electron chi connectivity index (χ1n) is 10.2. The summed E-state index contributed by atoms with van der Waals surface area (Å²) in [6.45, 7) is 3.03. The second kappa shape index (κ2) is 8.28. The first-order valence-corrected chi connectivity index (χ1v) is 10.2. The summed E-state index contributed by atoms with van der Waals surface area (Å²) in [5.74, 6) is -0.660. The maximum Gasteiger partial charge on any atom is 0.251 e. The van der Waals surface area contributed by atoms with Crippen LogP contribution in [0.25, 0.3) is 0 Å². The summed E-state index contributed by atoms with van der Waals surface area (Å²) in [5, 5.41) is 12.6. The van der Waals surface area contributed by atoms with Crippen LogP contribution in [-0.4, -0.2) is 46.9 Å². The zero-order chi connectivity index (χ0) is 21.3. The Hall–Kier alpha value is -3.19. The van der Waals surface area contributed by atoms with E-state index in [1.54, 1.807) is 24.3 Å². The fraction of sp³-hybridized carbons (Fsp3) is 0.348. The van der Waals surface area contributed by atoms with Gasteiger partial charge in [-0.3, -0.25) is 19.3 Å². The Morgan fingerprint density at radius 1 is 1.03 bits per heavy atom. The smallest absolute Gasteiger partial charge is 0.251 e. The van der Waals surface area contributed by atoms with Crippen molar-refractivity contribution in [1.29, 1.82) is 0 Å². The van der Waals surface area contributed by atoms with Gasteiger partial charge in [0, 0.05) is 5.92 Å². The average molecular weight is 407 g/mol. The topological polar surface area (TPSA) is 90.0 Å². The highest BCUT2D eigenvalue weighted by atomic mass is 16.3. The number of hydrogen-bond acceptors (Lipinski definition) is 5. The molecule has 2 saturated heterocycles. The van der Waals surface area contributed by atoms with Crippen LogP contribution in [-0.2, 0) is 14.4 Å². The van der Waals surface area contributed by atoms with E-state index in [4.69, 9.17) is 0 Å². The highest BCUT2D eigenvalue weighted by molar-refractivity contribution is 6.22. The normalized spacial score (nSPS) is 20.6. The first kappa shape index (κ1) is 20.1. The summed E-state index contributed by atoms with van der Waals surface area (Å²) in [5.41, 5.74) is 1.93. The van der Waals surface area contributed by atoms with Crippen LogP contribution in [0, 0.1) is 12.8 Å². The van der Waals surface area contributed by atoms with Crippen LogP contribution in [0.4, 0.5) is 11.4 Å². The Balaban J connectivity index is 1.38. The van der Waals surface area contributed by atoms with Gasteiger partial charge in [-0.1, -0.05) is 30.3 Å².